The van der Waals surface area contributed by atoms with Crippen LogP contribution in [0.25, 0.3) is 0 Å². The minimum Gasteiger partial charge on any atom is -0.351 e. The highest BCUT2D eigenvalue weighted by molar-refractivity contribution is 7.91. The molecule has 2 saturated heterocycles. The molecular weight excluding hydrogens is 319 g/mol. The Labute approximate surface area is 135 Å². The van der Waals surface area contributed by atoms with Crippen molar-refractivity contribution in [1.29, 1.82) is 0 Å². The molecule has 0 spiro atoms. The SMILES string of the molecule is O=C(CN1CCC[C@@H]1c1ccc(F)cc1)N[C@H]1CCS(=O)(=O)C1. The predicted octanol–water partition coefficient (Wildman–Crippen LogP) is 1.27. The van der Waals surface area contributed by atoms with E-state index in [1.54, 1.807) is 12.1 Å². The number of hydrogen-bond donors (Lipinski definition) is 1. The number of benzene rings is 1. The molecule has 1 aromatic rings. The van der Waals surface area contributed by atoms with Crippen molar-refractivity contribution >= 4 is 15.7 Å². The molecule has 7 heteroatoms. The molecule has 23 heavy (non-hydrogen) atoms. The highest BCUT2D eigenvalue weighted by Gasteiger charge is 2.31. The number of rotatable bonds is 4. The van der Waals surface area contributed by atoms with Crippen LogP contribution in [0.3, 0.4) is 0 Å². The second-order valence-electron chi connectivity index (χ2n) is 6.35. The van der Waals surface area contributed by atoms with Gasteiger partial charge in [0.05, 0.1) is 18.1 Å². The molecule has 2 fully saturated rings. The zero-order valence-electron chi connectivity index (χ0n) is 12.9. The third-order valence-electron chi connectivity index (χ3n) is 4.56. The maximum atomic E-state index is 13.0. The van der Waals surface area contributed by atoms with Gasteiger partial charge in [-0.05, 0) is 43.5 Å². The zero-order chi connectivity index (χ0) is 16.4. The van der Waals surface area contributed by atoms with Crippen molar-refractivity contribution < 1.29 is 17.6 Å². The second-order valence-corrected chi connectivity index (χ2v) is 8.58. The standard InChI is InChI=1S/C16H21FN2O3S/c17-13-5-3-12(4-6-13)15-2-1-8-19(15)10-16(20)18-14-7-9-23(21,22)11-14/h3-6,14-15H,1-2,7-11H2,(H,18,20)/t14-,15+/m0/s1. The zero-order valence-corrected chi connectivity index (χ0v) is 13.7. The number of nitrogens with one attached hydrogen (secondary N) is 1. The van der Waals surface area contributed by atoms with Crippen LogP contribution in [0.2, 0.25) is 0 Å². The van der Waals surface area contributed by atoms with E-state index in [-0.39, 0.29) is 41.9 Å². The molecule has 0 bridgehead atoms. The molecule has 3 rings (SSSR count). The van der Waals surface area contributed by atoms with E-state index in [2.05, 4.69) is 10.2 Å². The van der Waals surface area contributed by atoms with Crippen LogP contribution in [-0.2, 0) is 14.6 Å². The predicted molar refractivity (Wildman–Crippen MR) is 85.1 cm³/mol. The minimum atomic E-state index is -2.99. The van der Waals surface area contributed by atoms with Gasteiger partial charge in [0.1, 0.15) is 5.82 Å². The van der Waals surface area contributed by atoms with E-state index in [0.29, 0.717) is 6.42 Å². The maximum absolute atomic E-state index is 13.0. The number of hydrogen-bond acceptors (Lipinski definition) is 4. The Hall–Kier alpha value is -1.47. The molecule has 0 radical (unpaired) electrons. The van der Waals surface area contributed by atoms with Crippen molar-refractivity contribution in [3.05, 3.63) is 35.6 Å². The Morgan fingerprint density at radius 3 is 2.65 bits per heavy atom. The van der Waals surface area contributed by atoms with Crippen LogP contribution >= 0.6 is 0 Å². The number of likely N-dealkylation sites (tertiary alicyclic amines) is 1. The van der Waals surface area contributed by atoms with Gasteiger partial charge in [0.2, 0.25) is 5.91 Å². The topological polar surface area (TPSA) is 66.5 Å². The molecule has 2 aliphatic rings. The Kier molecular flexibility index (Phi) is 4.68. The summed E-state index contributed by atoms with van der Waals surface area (Å²) in [6.07, 6.45) is 2.43. The molecule has 0 aromatic heterocycles. The highest BCUT2D eigenvalue weighted by Crippen LogP contribution is 2.31. The first-order valence-corrected chi connectivity index (χ1v) is 9.74. The molecule has 2 heterocycles. The maximum Gasteiger partial charge on any atom is 0.234 e. The largest absolute Gasteiger partial charge is 0.351 e. The number of carbonyl (C=O) groups is 1. The summed E-state index contributed by atoms with van der Waals surface area (Å²) in [7, 11) is -2.99. The number of halogens is 1. The van der Waals surface area contributed by atoms with Gasteiger partial charge < -0.3 is 5.32 Å². The lowest BCUT2D eigenvalue weighted by atomic mass is 10.0. The Balaban J connectivity index is 1.58. The molecule has 5 nitrogen and oxygen atoms in total. The summed E-state index contributed by atoms with van der Waals surface area (Å²) in [4.78, 5) is 14.3. The monoisotopic (exact) mass is 340 g/mol. The average Bonchev–Trinajstić information content (AvgIpc) is 3.06. The lowest BCUT2D eigenvalue weighted by Crippen LogP contribution is -2.42. The van der Waals surface area contributed by atoms with E-state index in [9.17, 15) is 17.6 Å². The first kappa shape index (κ1) is 16.4. The van der Waals surface area contributed by atoms with E-state index in [4.69, 9.17) is 0 Å². The smallest absolute Gasteiger partial charge is 0.234 e. The summed E-state index contributed by atoms with van der Waals surface area (Å²) < 4.78 is 35.9. The van der Waals surface area contributed by atoms with E-state index < -0.39 is 9.84 Å². The van der Waals surface area contributed by atoms with Gasteiger partial charge in [-0.2, -0.15) is 0 Å². The summed E-state index contributed by atoms with van der Waals surface area (Å²) in [6, 6.07) is 6.26. The third-order valence-corrected chi connectivity index (χ3v) is 6.33. The van der Waals surface area contributed by atoms with Crippen LogP contribution in [0.4, 0.5) is 4.39 Å². The molecule has 0 unspecified atom stereocenters. The fourth-order valence-corrected chi connectivity index (χ4v) is 5.12. The summed E-state index contributed by atoms with van der Waals surface area (Å²) in [5.74, 6) is -0.209. The Bertz CT molecular complexity index is 675. The van der Waals surface area contributed by atoms with Crippen LogP contribution < -0.4 is 5.32 Å². The summed E-state index contributed by atoms with van der Waals surface area (Å²) in [6.45, 7) is 1.07. The van der Waals surface area contributed by atoms with Crippen molar-refractivity contribution in [1.82, 2.24) is 10.2 Å². The quantitative estimate of drug-likeness (QED) is 0.896. The first-order valence-electron chi connectivity index (χ1n) is 7.92. The van der Waals surface area contributed by atoms with Crippen LogP contribution in [-0.4, -0.2) is 49.9 Å². The van der Waals surface area contributed by atoms with Gasteiger partial charge in [-0.25, -0.2) is 12.8 Å². The fourth-order valence-electron chi connectivity index (χ4n) is 3.44. The van der Waals surface area contributed by atoms with Gasteiger partial charge in [-0.1, -0.05) is 12.1 Å². The molecular formula is C16H21FN2O3S. The van der Waals surface area contributed by atoms with Crippen LogP contribution in [0, 0.1) is 5.82 Å². The first-order chi connectivity index (χ1) is 10.9. The summed E-state index contributed by atoms with van der Waals surface area (Å²) >= 11 is 0. The lowest BCUT2D eigenvalue weighted by Gasteiger charge is -2.25. The van der Waals surface area contributed by atoms with Gasteiger partial charge in [0.25, 0.3) is 0 Å². The van der Waals surface area contributed by atoms with Crippen LogP contribution in [0.5, 0.6) is 0 Å². The number of carbonyl (C=O) groups excluding carboxylic acids is 1. The Morgan fingerprint density at radius 2 is 2.00 bits per heavy atom. The molecule has 2 aliphatic heterocycles. The van der Waals surface area contributed by atoms with Gasteiger partial charge in [0, 0.05) is 12.1 Å². The fraction of sp³-hybridized carbons (Fsp3) is 0.562. The molecule has 126 valence electrons. The van der Waals surface area contributed by atoms with Gasteiger partial charge in [-0.15, -0.1) is 0 Å². The molecule has 1 aromatic carbocycles. The van der Waals surface area contributed by atoms with E-state index in [0.717, 1.165) is 24.9 Å². The van der Waals surface area contributed by atoms with Crippen molar-refractivity contribution in [2.45, 2.75) is 31.3 Å². The highest BCUT2D eigenvalue weighted by atomic mass is 32.2. The third kappa shape index (κ3) is 4.09. The van der Waals surface area contributed by atoms with E-state index in [1.807, 2.05) is 0 Å². The lowest BCUT2D eigenvalue weighted by molar-refractivity contribution is -0.123. The van der Waals surface area contributed by atoms with E-state index >= 15 is 0 Å². The Morgan fingerprint density at radius 1 is 1.26 bits per heavy atom. The van der Waals surface area contributed by atoms with Crippen molar-refractivity contribution in [3.63, 3.8) is 0 Å². The summed E-state index contributed by atoms with van der Waals surface area (Å²) in [5, 5.41) is 2.82. The van der Waals surface area contributed by atoms with Crippen LogP contribution in [0.1, 0.15) is 30.9 Å². The van der Waals surface area contributed by atoms with E-state index in [1.165, 1.54) is 12.1 Å². The van der Waals surface area contributed by atoms with Crippen molar-refractivity contribution in [3.8, 4) is 0 Å². The van der Waals surface area contributed by atoms with Crippen molar-refractivity contribution in [2.24, 2.45) is 0 Å². The molecule has 2 atom stereocenters. The number of sulfone groups is 1. The van der Waals surface area contributed by atoms with Crippen molar-refractivity contribution in [2.75, 3.05) is 24.6 Å². The molecule has 0 saturated carbocycles. The molecule has 1 amide bonds. The molecule has 1 N–H and O–H groups in total. The second kappa shape index (κ2) is 6.57. The summed E-state index contributed by atoms with van der Waals surface area (Å²) in [5.41, 5.74) is 1.01. The minimum absolute atomic E-state index is 0.0418. The number of amides is 1. The van der Waals surface area contributed by atoms with Gasteiger partial charge in [-0.3, -0.25) is 9.69 Å². The average molecular weight is 340 g/mol. The molecule has 0 aliphatic carbocycles. The number of nitrogens with zero attached hydrogens (tertiary/aromatic N) is 1. The van der Waals surface area contributed by atoms with Crippen LogP contribution in [0.15, 0.2) is 24.3 Å². The van der Waals surface area contributed by atoms with Gasteiger partial charge >= 0.3 is 0 Å². The van der Waals surface area contributed by atoms with Gasteiger partial charge in [0.15, 0.2) is 9.84 Å². The normalized spacial score (nSPS) is 27.2.